The summed E-state index contributed by atoms with van der Waals surface area (Å²) in [5.74, 6) is -0.267. The Labute approximate surface area is 134 Å². The van der Waals surface area contributed by atoms with E-state index in [0.29, 0.717) is 25.9 Å². The van der Waals surface area contributed by atoms with Crippen LogP contribution >= 0.6 is 0 Å². The fourth-order valence-corrected chi connectivity index (χ4v) is 2.86. The SMILES string of the molecule is CN(C)C(=O)N1CCc2ncnc(-c3ccc(F)cc3)c2CC1. The van der Waals surface area contributed by atoms with Gasteiger partial charge < -0.3 is 9.80 Å². The van der Waals surface area contributed by atoms with Crippen molar-refractivity contribution in [3.05, 3.63) is 47.7 Å². The van der Waals surface area contributed by atoms with Crippen molar-refractivity contribution >= 4 is 6.03 Å². The van der Waals surface area contributed by atoms with Gasteiger partial charge in [0.05, 0.1) is 5.69 Å². The van der Waals surface area contributed by atoms with E-state index in [9.17, 15) is 9.18 Å². The standard InChI is InChI=1S/C17H19FN4O/c1-21(2)17(23)22-9-7-14-15(8-10-22)19-11-20-16(14)12-3-5-13(18)6-4-12/h3-6,11H,7-10H2,1-2H3. The summed E-state index contributed by atoms with van der Waals surface area (Å²) in [7, 11) is 3.51. The van der Waals surface area contributed by atoms with Gasteiger partial charge in [0.15, 0.2) is 0 Å². The molecule has 0 saturated heterocycles. The molecule has 120 valence electrons. The lowest BCUT2D eigenvalue weighted by Crippen LogP contribution is -2.40. The summed E-state index contributed by atoms with van der Waals surface area (Å²) in [6.07, 6.45) is 2.94. The largest absolute Gasteiger partial charge is 0.331 e. The summed E-state index contributed by atoms with van der Waals surface area (Å²) < 4.78 is 13.1. The quantitative estimate of drug-likeness (QED) is 0.812. The highest BCUT2D eigenvalue weighted by atomic mass is 19.1. The van der Waals surface area contributed by atoms with E-state index in [2.05, 4.69) is 9.97 Å². The Morgan fingerprint density at radius 1 is 1.13 bits per heavy atom. The molecule has 2 aromatic rings. The van der Waals surface area contributed by atoms with Crippen LogP contribution in [0.1, 0.15) is 11.3 Å². The number of nitrogens with zero attached hydrogens (tertiary/aromatic N) is 4. The van der Waals surface area contributed by atoms with E-state index in [1.165, 1.54) is 12.1 Å². The Morgan fingerprint density at radius 3 is 2.52 bits per heavy atom. The number of benzene rings is 1. The molecular formula is C17H19FN4O. The molecule has 0 N–H and O–H groups in total. The Bertz CT molecular complexity index is 715. The molecular weight excluding hydrogens is 295 g/mol. The molecule has 0 bridgehead atoms. The Morgan fingerprint density at radius 2 is 1.83 bits per heavy atom. The average Bonchev–Trinajstić information content (AvgIpc) is 2.77. The Kier molecular flexibility index (Phi) is 4.23. The van der Waals surface area contributed by atoms with Crippen LogP contribution in [-0.2, 0) is 12.8 Å². The summed E-state index contributed by atoms with van der Waals surface area (Å²) in [6, 6.07) is 6.33. The van der Waals surface area contributed by atoms with Gasteiger partial charge in [0, 0.05) is 50.4 Å². The lowest BCUT2D eigenvalue weighted by molar-refractivity contribution is 0.173. The first-order valence-electron chi connectivity index (χ1n) is 7.61. The summed E-state index contributed by atoms with van der Waals surface area (Å²) >= 11 is 0. The van der Waals surface area contributed by atoms with Crippen LogP contribution < -0.4 is 0 Å². The zero-order valence-electron chi connectivity index (χ0n) is 13.3. The topological polar surface area (TPSA) is 49.3 Å². The molecule has 0 spiro atoms. The first-order valence-corrected chi connectivity index (χ1v) is 7.61. The van der Waals surface area contributed by atoms with E-state index < -0.39 is 0 Å². The molecule has 0 aliphatic carbocycles. The van der Waals surface area contributed by atoms with Gasteiger partial charge in [-0.05, 0) is 30.7 Å². The van der Waals surface area contributed by atoms with Crippen molar-refractivity contribution in [2.75, 3.05) is 27.2 Å². The number of hydrogen-bond acceptors (Lipinski definition) is 3. The third-order valence-electron chi connectivity index (χ3n) is 4.06. The zero-order chi connectivity index (χ0) is 16.4. The van der Waals surface area contributed by atoms with Crippen molar-refractivity contribution in [1.82, 2.24) is 19.8 Å². The number of urea groups is 1. The van der Waals surface area contributed by atoms with Crippen molar-refractivity contribution in [1.29, 1.82) is 0 Å². The molecule has 1 aliphatic rings. The normalized spacial score (nSPS) is 14.1. The van der Waals surface area contributed by atoms with Crippen LogP contribution in [0.5, 0.6) is 0 Å². The highest BCUT2D eigenvalue weighted by Crippen LogP contribution is 2.26. The van der Waals surface area contributed by atoms with Crippen LogP contribution in [0.4, 0.5) is 9.18 Å². The minimum Gasteiger partial charge on any atom is -0.331 e. The lowest BCUT2D eigenvalue weighted by Gasteiger charge is -2.24. The average molecular weight is 314 g/mol. The van der Waals surface area contributed by atoms with Crippen molar-refractivity contribution in [2.24, 2.45) is 0 Å². The Balaban J connectivity index is 1.92. The van der Waals surface area contributed by atoms with Gasteiger partial charge in [-0.1, -0.05) is 0 Å². The molecule has 5 nitrogen and oxygen atoms in total. The van der Waals surface area contributed by atoms with Crippen LogP contribution in [0.25, 0.3) is 11.3 Å². The monoisotopic (exact) mass is 314 g/mol. The molecule has 1 aromatic heterocycles. The van der Waals surface area contributed by atoms with Gasteiger partial charge in [-0.3, -0.25) is 0 Å². The molecule has 23 heavy (non-hydrogen) atoms. The number of halogens is 1. The van der Waals surface area contributed by atoms with Crippen LogP contribution in [0.2, 0.25) is 0 Å². The summed E-state index contributed by atoms with van der Waals surface area (Å²) in [5.41, 5.74) is 3.72. The van der Waals surface area contributed by atoms with E-state index in [-0.39, 0.29) is 11.8 Å². The zero-order valence-corrected chi connectivity index (χ0v) is 13.3. The van der Waals surface area contributed by atoms with Crippen LogP contribution in [0.15, 0.2) is 30.6 Å². The number of carbonyl (C=O) groups excluding carboxylic acids is 1. The van der Waals surface area contributed by atoms with Crippen LogP contribution in [0.3, 0.4) is 0 Å². The van der Waals surface area contributed by atoms with Gasteiger partial charge in [-0.25, -0.2) is 19.2 Å². The van der Waals surface area contributed by atoms with Gasteiger partial charge in [-0.2, -0.15) is 0 Å². The maximum Gasteiger partial charge on any atom is 0.319 e. The fraction of sp³-hybridized carbons (Fsp3) is 0.353. The molecule has 1 aromatic carbocycles. The number of carbonyl (C=O) groups is 1. The van der Waals surface area contributed by atoms with Crippen molar-refractivity contribution in [2.45, 2.75) is 12.8 Å². The van der Waals surface area contributed by atoms with E-state index in [4.69, 9.17) is 0 Å². The molecule has 0 atom stereocenters. The smallest absolute Gasteiger partial charge is 0.319 e. The number of amides is 2. The molecule has 0 radical (unpaired) electrons. The number of aromatic nitrogens is 2. The predicted octanol–water partition coefficient (Wildman–Crippen LogP) is 2.36. The second-order valence-corrected chi connectivity index (χ2v) is 5.82. The minimum atomic E-state index is -0.267. The van der Waals surface area contributed by atoms with E-state index in [1.54, 1.807) is 37.5 Å². The minimum absolute atomic E-state index is 0.00842. The maximum atomic E-state index is 13.1. The number of rotatable bonds is 1. The van der Waals surface area contributed by atoms with E-state index in [1.807, 2.05) is 4.90 Å². The number of fused-ring (bicyclic) bond motifs is 1. The first kappa shape index (κ1) is 15.4. The molecule has 3 rings (SSSR count). The molecule has 0 saturated carbocycles. The maximum absolute atomic E-state index is 13.1. The van der Waals surface area contributed by atoms with Crippen LogP contribution in [0, 0.1) is 5.82 Å². The van der Waals surface area contributed by atoms with Crippen molar-refractivity contribution in [3.63, 3.8) is 0 Å². The molecule has 2 amide bonds. The summed E-state index contributed by atoms with van der Waals surface area (Å²) in [6.45, 7) is 1.27. The van der Waals surface area contributed by atoms with Gasteiger partial charge in [0.25, 0.3) is 0 Å². The highest BCUT2D eigenvalue weighted by molar-refractivity contribution is 5.74. The van der Waals surface area contributed by atoms with Crippen LogP contribution in [-0.4, -0.2) is 53.0 Å². The van der Waals surface area contributed by atoms with Gasteiger partial charge in [0.2, 0.25) is 0 Å². The second-order valence-electron chi connectivity index (χ2n) is 5.82. The summed E-state index contributed by atoms with van der Waals surface area (Å²) in [5, 5.41) is 0. The molecule has 2 heterocycles. The van der Waals surface area contributed by atoms with E-state index in [0.717, 1.165) is 22.5 Å². The van der Waals surface area contributed by atoms with Crippen molar-refractivity contribution < 1.29 is 9.18 Å². The van der Waals surface area contributed by atoms with Gasteiger partial charge >= 0.3 is 6.03 Å². The van der Waals surface area contributed by atoms with Gasteiger partial charge in [-0.15, -0.1) is 0 Å². The fourth-order valence-electron chi connectivity index (χ4n) is 2.86. The number of hydrogen-bond donors (Lipinski definition) is 0. The molecule has 6 heteroatoms. The van der Waals surface area contributed by atoms with Crippen molar-refractivity contribution in [3.8, 4) is 11.3 Å². The molecule has 1 aliphatic heterocycles. The Hall–Kier alpha value is -2.50. The summed E-state index contributed by atoms with van der Waals surface area (Å²) in [4.78, 5) is 24.4. The third-order valence-corrected chi connectivity index (χ3v) is 4.06. The van der Waals surface area contributed by atoms with E-state index >= 15 is 0 Å². The van der Waals surface area contributed by atoms with Gasteiger partial charge in [0.1, 0.15) is 12.1 Å². The first-order chi connectivity index (χ1) is 11.1. The third kappa shape index (κ3) is 3.16. The molecule has 0 unspecified atom stereocenters. The highest BCUT2D eigenvalue weighted by Gasteiger charge is 2.22. The lowest BCUT2D eigenvalue weighted by atomic mass is 10.0. The second kappa shape index (κ2) is 6.32. The molecule has 0 fully saturated rings. The predicted molar refractivity (Wildman–Crippen MR) is 85.5 cm³/mol.